The minimum absolute atomic E-state index is 0.145. The van der Waals surface area contributed by atoms with Crippen molar-refractivity contribution in [2.45, 2.75) is 6.42 Å². The Hall–Kier alpha value is -2.63. The molecule has 2 rings (SSSR count). The van der Waals surface area contributed by atoms with Crippen molar-refractivity contribution in [3.63, 3.8) is 0 Å². The Balaban J connectivity index is 1.99. The molecule has 6 heteroatoms. The zero-order valence-electron chi connectivity index (χ0n) is 12.9. The summed E-state index contributed by atoms with van der Waals surface area (Å²) in [7, 11) is 4.95. The summed E-state index contributed by atoms with van der Waals surface area (Å²) in [5, 5.41) is 0. The fourth-order valence-corrected chi connectivity index (χ4v) is 2.04. The van der Waals surface area contributed by atoms with Crippen LogP contribution in [0.2, 0.25) is 0 Å². The van der Waals surface area contributed by atoms with Crippen LogP contribution in [0.15, 0.2) is 36.8 Å². The molecule has 0 aliphatic rings. The second-order valence-corrected chi connectivity index (χ2v) is 4.76. The lowest BCUT2D eigenvalue weighted by atomic mass is 10.1. The number of rotatable bonds is 6. The van der Waals surface area contributed by atoms with Crippen molar-refractivity contribution in [2.75, 3.05) is 27.8 Å². The topological polar surface area (TPSA) is 64.5 Å². The average molecular weight is 301 g/mol. The number of carbonyl (C=O) groups excluding carboxylic acids is 1. The van der Waals surface area contributed by atoms with Gasteiger partial charge in [0.15, 0.2) is 11.5 Å². The van der Waals surface area contributed by atoms with Crippen molar-refractivity contribution in [3.8, 4) is 11.5 Å². The first-order chi connectivity index (χ1) is 10.7. The summed E-state index contributed by atoms with van der Waals surface area (Å²) in [5.74, 6) is 1.23. The summed E-state index contributed by atoms with van der Waals surface area (Å²) in [5.41, 5.74) is 1.41. The summed E-state index contributed by atoms with van der Waals surface area (Å²) in [4.78, 5) is 21.7. The molecule has 1 heterocycles. The molecule has 1 aromatic heterocycles. The number of aromatic nitrogens is 2. The number of benzene rings is 1. The molecule has 22 heavy (non-hydrogen) atoms. The molecule has 0 aliphatic carbocycles. The predicted molar refractivity (Wildman–Crippen MR) is 82.2 cm³/mol. The third kappa shape index (κ3) is 3.72. The van der Waals surface area contributed by atoms with Crippen LogP contribution in [0, 0.1) is 0 Å². The molecule has 116 valence electrons. The molecule has 0 aliphatic heterocycles. The maximum absolute atomic E-state index is 12.2. The van der Waals surface area contributed by atoms with E-state index in [1.807, 2.05) is 18.2 Å². The molecule has 0 bridgehead atoms. The molecule has 0 atom stereocenters. The molecule has 0 unspecified atom stereocenters. The minimum Gasteiger partial charge on any atom is -0.493 e. The van der Waals surface area contributed by atoms with Gasteiger partial charge in [-0.3, -0.25) is 9.78 Å². The molecule has 1 aromatic carbocycles. The summed E-state index contributed by atoms with van der Waals surface area (Å²) in [6, 6.07) is 5.74. The summed E-state index contributed by atoms with van der Waals surface area (Å²) in [6.07, 6.45) is 5.23. The zero-order chi connectivity index (χ0) is 15.9. The molecule has 0 saturated carbocycles. The van der Waals surface area contributed by atoms with Crippen molar-refractivity contribution in [1.82, 2.24) is 14.9 Å². The number of methoxy groups -OCH3 is 2. The van der Waals surface area contributed by atoms with E-state index in [0.717, 1.165) is 5.56 Å². The first-order valence-corrected chi connectivity index (χ1v) is 6.88. The fraction of sp³-hybridized carbons (Fsp3) is 0.312. The van der Waals surface area contributed by atoms with E-state index in [-0.39, 0.29) is 5.91 Å². The van der Waals surface area contributed by atoms with Crippen LogP contribution in [0.4, 0.5) is 0 Å². The van der Waals surface area contributed by atoms with Crippen LogP contribution in [-0.4, -0.2) is 48.6 Å². The van der Waals surface area contributed by atoms with Crippen molar-refractivity contribution in [2.24, 2.45) is 0 Å². The van der Waals surface area contributed by atoms with Crippen LogP contribution in [0.25, 0.3) is 0 Å². The Bertz CT molecular complexity index is 632. The van der Waals surface area contributed by atoms with E-state index in [9.17, 15) is 4.79 Å². The van der Waals surface area contributed by atoms with Crippen LogP contribution < -0.4 is 9.47 Å². The minimum atomic E-state index is -0.145. The summed E-state index contributed by atoms with van der Waals surface area (Å²) >= 11 is 0. The number of nitrogens with zero attached hydrogens (tertiary/aromatic N) is 3. The summed E-state index contributed by atoms with van der Waals surface area (Å²) < 4.78 is 10.5. The van der Waals surface area contributed by atoms with Crippen molar-refractivity contribution >= 4 is 5.91 Å². The predicted octanol–water partition coefficient (Wildman–Crippen LogP) is 1.81. The zero-order valence-corrected chi connectivity index (χ0v) is 12.9. The molecule has 0 radical (unpaired) electrons. The molecular weight excluding hydrogens is 282 g/mol. The third-order valence-corrected chi connectivity index (χ3v) is 3.31. The normalized spacial score (nSPS) is 10.1. The second-order valence-electron chi connectivity index (χ2n) is 4.76. The Morgan fingerprint density at radius 1 is 1.18 bits per heavy atom. The number of ether oxygens (including phenoxy) is 2. The van der Waals surface area contributed by atoms with E-state index in [0.29, 0.717) is 30.2 Å². The van der Waals surface area contributed by atoms with Crippen LogP contribution in [0.1, 0.15) is 16.1 Å². The van der Waals surface area contributed by atoms with Gasteiger partial charge in [0, 0.05) is 26.0 Å². The largest absolute Gasteiger partial charge is 0.493 e. The number of hydrogen-bond donors (Lipinski definition) is 0. The van der Waals surface area contributed by atoms with Gasteiger partial charge in [-0.2, -0.15) is 0 Å². The molecule has 2 aromatic rings. The maximum atomic E-state index is 12.2. The van der Waals surface area contributed by atoms with Gasteiger partial charge in [-0.15, -0.1) is 0 Å². The lowest BCUT2D eigenvalue weighted by molar-refractivity contribution is 0.0790. The van der Waals surface area contributed by atoms with Gasteiger partial charge in [-0.1, -0.05) is 6.07 Å². The molecular formula is C16H19N3O3. The van der Waals surface area contributed by atoms with E-state index in [1.165, 1.54) is 12.4 Å². The lowest BCUT2D eigenvalue weighted by Gasteiger charge is -2.17. The van der Waals surface area contributed by atoms with E-state index in [4.69, 9.17) is 9.47 Å². The number of hydrogen-bond acceptors (Lipinski definition) is 5. The maximum Gasteiger partial charge on any atom is 0.273 e. The van der Waals surface area contributed by atoms with Crippen LogP contribution in [0.3, 0.4) is 0 Å². The van der Waals surface area contributed by atoms with Crippen molar-refractivity contribution < 1.29 is 14.3 Å². The lowest BCUT2D eigenvalue weighted by Crippen LogP contribution is -2.29. The van der Waals surface area contributed by atoms with E-state index < -0.39 is 0 Å². The van der Waals surface area contributed by atoms with E-state index in [2.05, 4.69) is 9.97 Å². The average Bonchev–Trinajstić information content (AvgIpc) is 2.59. The molecule has 1 amide bonds. The van der Waals surface area contributed by atoms with Gasteiger partial charge >= 0.3 is 0 Å². The number of amides is 1. The molecule has 0 saturated heterocycles. The first kappa shape index (κ1) is 15.8. The number of likely N-dealkylation sites (N-methyl/N-ethyl adjacent to an activating group) is 1. The molecule has 0 N–H and O–H groups in total. The first-order valence-electron chi connectivity index (χ1n) is 6.88. The van der Waals surface area contributed by atoms with Crippen LogP contribution in [-0.2, 0) is 6.42 Å². The Kier molecular flexibility index (Phi) is 5.30. The van der Waals surface area contributed by atoms with Gasteiger partial charge < -0.3 is 14.4 Å². The fourth-order valence-electron chi connectivity index (χ4n) is 2.04. The van der Waals surface area contributed by atoms with Crippen LogP contribution >= 0.6 is 0 Å². The van der Waals surface area contributed by atoms with Gasteiger partial charge in [0.1, 0.15) is 5.69 Å². The highest BCUT2D eigenvalue weighted by Crippen LogP contribution is 2.27. The van der Waals surface area contributed by atoms with Crippen LogP contribution in [0.5, 0.6) is 11.5 Å². The number of carbonyl (C=O) groups is 1. The van der Waals surface area contributed by atoms with Crippen molar-refractivity contribution in [1.29, 1.82) is 0 Å². The molecule has 0 fully saturated rings. The Labute approximate surface area is 129 Å². The summed E-state index contributed by atoms with van der Waals surface area (Å²) in [6.45, 7) is 0.574. The highest BCUT2D eigenvalue weighted by molar-refractivity contribution is 5.91. The van der Waals surface area contributed by atoms with E-state index in [1.54, 1.807) is 32.4 Å². The molecule has 6 nitrogen and oxygen atoms in total. The van der Waals surface area contributed by atoms with Gasteiger partial charge in [-0.05, 0) is 24.1 Å². The van der Waals surface area contributed by atoms with Gasteiger partial charge in [-0.25, -0.2) is 4.98 Å². The molecule has 0 spiro atoms. The smallest absolute Gasteiger partial charge is 0.273 e. The van der Waals surface area contributed by atoms with Gasteiger partial charge in [0.05, 0.1) is 20.4 Å². The van der Waals surface area contributed by atoms with Crippen molar-refractivity contribution in [3.05, 3.63) is 48.0 Å². The highest BCUT2D eigenvalue weighted by Gasteiger charge is 2.13. The SMILES string of the molecule is COc1ccc(CCN(C)C(=O)c2cnccn2)cc1OC. The standard InChI is InChI=1S/C16H19N3O3/c1-19(16(20)13-11-17-7-8-18-13)9-6-12-4-5-14(21-2)15(10-12)22-3/h4-5,7-8,10-11H,6,9H2,1-3H3. The van der Waals surface area contributed by atoms with Gasteiger partial charge in [0.25, 0.3) is 5.91 Å². The second kappa shape index (κ2) is 7.40. The highest BCUT2D eigenvalue weighted by atomic mass is 16.5. The van der Waals surface area contributed by atoms with Gasteiger partial charge in [0.2, 0.25) is 0 Å². The van der Waals surface area contributed by atoms with E-state index >= 15 is 0 Å². The quantitative estimate of drug-likeness (QED) is 0.814. The Morgan fingerprint density at radius 2 is 1.95 bits per heavy atom. The monoisotopic (exact) mass is 301 g/mol. The Morgan fingerprint density at radius 3 is 2.59 bits per heavy atom. The third-order valence-electron chi connectivity index (χ3n) is 3.31.